The van der Waals surface area contributed by atoms with E-state index in [0.29, 0.717) is 55.4 Å². The van der Waals surface area contributed by atoms with Gasteiger partial charge in [-0.05, 0) is 45.3 Å². The van der Waals surface area contributed by atoms with Crippen LogP contribution in [0.25, 0.3) is 5.82 Å². The molecule has 2 fully saturated rings. The summed E-state index contributed by atoms with van der Waals surface area (Å²) in [6.07, 6.45) is 5.50. The molecule has 0 aromatic carbocycles. The number of pyridine rings is 1. The third-order valence-electron chi connectivity index (χ3n) is 7.68. The minimum Gasteiger partial charge on any atom is -0.483 e. The van der Waals surface area contributed by atoms with Crippen molar-refractivity contribution >= 4 is 23.8 Å². The van der Waals surface area contributed by atoms with Crippen LogP contribution in [0.15, 0.2) is 53.3 Å². The molecule has 11 nitrogen and oxygen atoms in total. The van der Waals surface area contributed by atoms with Crippen LogP contribution in [0.2, 0.25) is 0 Å². The van der Waals surface area contributed by atoms with Crippen LogP contribution in [-0.2, 0) is 9.53 Å². The highest BCUT2D eigenvalue weighted by molar-refractivity contribution is 5.93. The molecule has 0 radical (unpaired) electrons. The van der Waals surface area contributed by atoms with Crippen molar-refractivity contribution in [3.63, 3.8) is 0 Å². The maximum Gasteiger partial charge on any atom is 0.341 e. The van der Waals surface area contributed by atoms with E-state index >= 15 is 0 Å². The molecule has 3 aliphatic heterocycles. The molecule has 5 rings (SSSR count). The number of allylic oxidation sites excluding steroid dienone is 3. The van der Waals surface area contributed by atoms with Gasteiger partial charge in [0.25, 0.3) is 0 Å². The highest BCUT2D eigenvalue weighted by atomic mass is 19.1. The molecule has 234 valence electrons. The molecule has 3 amide bonds. The van der Waals surface area contributed by atoms with Crippen LogP contribution in [0.4, 0.5) is 23.7 Å². The van der Waals surface area contributed by atoms with E-state index in [2.05, 4.69) is 27.1 Å². The number of hydrazone groups is 1. The highest BCUT2D eigenvalue weighted by Gasteiger charge is 2.39. The van der Waals surface area contributed by atoms with Gasteiger partial charge in [-0.3, -0.25) is 4.79 Å². The van der Waals surface area contributed by atoms with Crippen molar-refractivity contribution in [3.8, 4) is 11.6 Å². The number of carbonyl (C=O) groups excluding carboxylic acids is 2. The van der Waals surface area contributed by atoms with Crippen LogP contribution in [0, 0.1) is 25.6 Å². The lowest BCUT2D eigenvalue weighted by atomic mass is 9.99. The molecule has 0 spiro atoms. The van der Waals surface area contributed by atoms with Gasteiger partial charge in [-0.2, -0.15) is 10.2 Å². The third kappa shape index (κ3) is 6.69. The lowest BCUT2D eigenvalue weighted by molar-refractivity contribution is -0.122. The normalized spacial score (nSPS) is 19.7. The van der Waals surface area contributed by atoms with Crippen LogP contribution < -0.4 is 10.1 Å². The molecular formula is C30H34F3N7O4. The van der Waals surface area contributed by atoms with Gasteiger partial charge in [0.1, 0.15) is 11.9 Å². The summed E-state index contributed by atoms with van der Waals surface area (Å²) in [5.41, 5.74) is 2.05. The minimum absolute atomic E-state index is 0.0604. The number of ether oxygens (including phenoxy) is 2. The molecule has 2 aromatic heterocycles. The van der Waals surface area contributed by atoms with Crippen molar-refractivity contribution in [2.45, 2.75) is 52.2 Å². The van der Waals surface area contributed by atoms with Gasteiger partial charge in [0.05, 0.1) is 48.2 Å². The molecule has 14 heteroatoms. The van der Waals surface area contributed by atoms with Gasteiger partial charge >= 0.3 is 6.03 Å². The van der Waals surface area contributed by atoms with Gasteiger partial charge in [-0.1, -0.05) is 6.58 Å². The number of aromatic nitrogens is 3. The lowest BCUT2D eigenvalue weighted by Gasteiger charge is -2.41. The molecule has 0 bridgehead atoms. The Balaban J connectivity index is 1.21. The monoisotopic (exact) mass is 613 g/mol. The maximum atomic E-state index is 14.7. The first-order valence-corrected chi connectivity index (χ1v) is 14.3. The summed E-state index contributed by atoms with van der Waals surface area (Å²) in [5.74, 6) is -2.19. The summed E-state index contributed by atoms with van der Waals surface area (Å²) in [7, 11) is 0. The second-order valence-corrected chi connectivity index (χ2v) is 11.0. The van der Waals surface area contributed by atoms with Gasteiger partial charge in [-0.25, -0.2) is 32.6 Å². The number of carbonyl (C=O) groups is 2. The first-order chi connectivity index (χ1) is 21.0. The van der Waals surface area contributed by atoms with Gasteiger partial charge in [-0.15, -0.1) is 0 Å². The zero-order valence-corrected chi connectivity index (χ0v) is 24.7. The second-order valence-electron chi connectivity index (χ2n) is 11.0. The number of nitrogens with zero attached hydrogens (tertiary/aromatic N) is 6. The van der Waals surface area contributed by atoms with E-state index in [4.69, 9.17) is 9.47 Å². The molecule has 0 aliphatic carbocycles. The lowest BCUT2D eigenvalue weighted by Crippen LogP contribution is -2.59. The first kappa shape index (κ1) is 31.0. The zero-order chi connectivity index (χ0) is 31.5. The molecule has 0 unspecified atom stereocenters. The van der Waals surface area contributed by atoms with Crippen molar-refractivity contribution in [3.05, 3.63) is 65.4 Å². The molecule has 1 N–H and O–H groups in total. The number of aryl methyl sites for hydroxylation is 1. The van der Waals surface area contributed by atoms with Crippen LogP contribution in [0.1, 0.15) is 37.6 Å². The molecule has 2 aromatic rings. The molecule has 44 heavy (non-hydrogen) atoms. The van der Waals surface area contributed by atoms with Gasteiger partial charge in [0, 0.05) is 43.9 Å². The Morgan fingerprint density at radius 1 is 1.18 bits per heavy atom. The highest BCUT2D eigenvalue weighted by Crippen LogP contribution is 2.29. The minimum atomic E-state index is -0.818. The summed E-state index contributed by atoms with van der Waals surface area (Å²) in [5, 5.41) is 12.8. The van der Waals surface area contributed by atoms with Crippen molar-refractivity contribution in [1.82, 2.24) is 24.7 Å². The SMILES string of the molecule is C=C(/C=C(F)\C=C(/C)F)[C@@H]1CC=NN1C(=O)N1CC(Oc2cc(-n3nc(C)c(NC(=O)C4CCOCC4)c3C)ncc2F)C1. The fraction of sp³-hybridized carbons (Fsp3) is 0.433. The smallest absolute Gasteiger partial charge is 0.341 e. The average molecular weight is 614 g/mol. The van der Waals surface area contributed by atoms with E-state index in [-0.39, 0.29) is 36.2 Å². The van der Waals surface area contributed by atoms with E-state index in [1.54, 1.807) is 13.8 Å². The maximum absolute atomic E-state index is 14.7. The van der Waals surface area contributed by atoms with Crippen LogP contribution in [0.3, 0.4) is 0 Å². The number of rotatable bonds is 8. The number of halogens is 3. The Morgan fingerprint density at radius 2 is 1.91 bits per heavy atom. The van der Waals surface area contributed by atoms with Gasteiger partial charge < -0.3 is 19.7 Å². The average Bonchev–Trinajstić information content (AvgIpc) is 3.56. The van der Waals surface area contributed by atoms with E-state index in [1.807, 2.05) is 0 Å². The quantitative estimate of drug-likeness (QED) is 0.423. The van der Waals surface area contributed by atoms with E-state index in [0.717, 1.165) is 25.3 Å². The number of nitrogens with one attached hydrogen (secondary N) is 1. The summed E-state index contributed by atoms with van der Waals surface area (Å²) in [4.78, 5) is 31.5. The third-order valence-corrected chi connectivity index (χ3v) is 7.68. The van der Waals surface area contributed by atoms with Crippen LogP contribution >= 0.6 is 0 Å². The van der Waals surface area contributed by atoms with Crippen molar-refractivity contribution in [2.75, 3.05) is 31.6 Å². The van der Waals surface area contributed by atoms with Crippen LogP contribution in [-0.4, -0.2) is 81.3 Å². The summed E-state index contributed by atoms with van der Waals surface area (Å²) >= 11 is 0. The van der Waals surface area contributed by atoms with Gasteiger partial charge in [0.15, 0.2) is 17.4 Å². The fourth-order valence-corrected chi connectivity index (χ4v) is 5.25. The predicted molar refractivity (Wildman–Crippen MR) is 156 cm³/mol. The molecule has 1 atom stereocenters. The molecule has 2 saturated heterocycles. The summed E-state index contributed by atoms with van der Waals surface area (Å²) < 4.78 is 54.4. The Morgan fingerprint density at radius 3 is 2.61 bits per heavy atom. The summed E-state index contributed by atoms with van der Waals surface area (Å²) in [6, 6.07) is 0.362. The zero-order valence-electron chi connectivity index (χ0n) is 24.7. The van der Waals surface area contributed by atoms with E-state index in [9.17, 15) is 22.8 Å². The topological polar surface area (TPSA) is 114 Å². The van der Waals surface area contributed by atoms with Gasteiger partial charge in [0.2, 0.25) is 5.91 Å². The fourth-order valence-electron chi connectivity index (χ4n) is 5.25. The number of anilines is 1. The number of urea groups is 1. The number of hydrogen-bond donors (Lipinski definition) is 1. The Bertz CT molecular complexity index is 1540. The van der Waals surface area contributed by atoms with E-state index in [1.165, 1.54) is 26.9 Å². The molecule has 0 saturated carbocycles. The molecule has 5 heterocycles. The number of amides is 3. The largest absolute Gasteiger partial charge is 0.483 e. The standard InChI is InChI=1S/C30H34F3N7O4/c1-17(11-22(32)12-18(2)31)25-5-8-35-40(25)30(42)38-15-23(16-38)44-26-13-27(34-14-24(26)33)39-20(4)28(19(3)37-39)36-29(41)21-6-9-43-10-7-21/h8,11-14,21,23,25H,1,5-7,9-10,15-16H2,2-4H3,(H,36,41)/b18-12+,22-11+/t25-/m0/s1. The number of hydrogen-bond acceptors (Lipinski definition) is 7. The Labute approximate surface area is 252 Å². The molecule has 3 aliphatic rings. The first-order valence-electron chi connectivity index (χ1n) is 14.3. The van der Waals surface area contributed by atoms with Crippen molar-refractivity contribution in [2.24, 2.45) is 11.0 Å². The van der Waals surface area contributed by atoms with Crippen LogP contribution in [0.5, 0.6) is 5.75 Å². The predicted octanol–water partition coefficient (Wildman–Crippen LogP) is 4.91. The summed E-state index contributed by atoms with van der Waals surface area (Å²) in [6.45, 7) is 9.91. The van der Waals surface area contributed by atoms with Crippen molar-refractivity contribution in [1.29, 1.82) is 0 Å². The Hall–Kier alpha value is -4.46. The van der Waals surface area contributed by atoms with E-state index < -0.39 is 35.6 Å². The number of likely N-dealkylation sites (tertiary alicyclic amines) is 1. The Kier molecular flexibility index (Phi) is 9.18. The van der Waals surface area contributed by atoms with Crippen molar-refractivity contribution < 1.29 is 32.2 Å². The molecular weight excluding hydrogens is 579 g/mol. The second kappa shape index (κ2) is 13.0.